The summed E-state index contributed by atoms with van der Waals surface area (Å²) in [5.74, 6) is 0. The molecule has 3 aromatic rings. The molecule has 0 aliphatic carbocycles. The Morgan fingerprint density at radius 2 is 1.44 bits per heavy atom. The Kier molecular flexibility index (Phi) is 2.44. The van der Waals surface area contributed by atoms with Crippen LogP contribution in [0.4, 0.5) is 0 Å². The van der Waals surface area contributed by atoms with Crippen LogP contribution in [0.15, 0.2) is 36.4 Å². The van der Waals surface area contributed by atoms with Crippen LogP contribution in [-0.4, -0.2) is 4.57 Å². The first-order chi connectivity index (χ1) is 8.58. The summed E-state index contributed by atoms with van der Waals surface area (Å²) >= 11 is 0. The van der Waals surface area contributed by atoms with Gasteiger partial charge in [0.15, 0.2) is 0 Å². The van der Waals surface area contributed by atoms with Gasteiger partial charge in [-0.25, -0.2) is 0 Å². The summed E-state index contributed by atoms with van der Waals surface area (Å²) in [5, 5.41) is 2.74. The molecular weight excluding hydrogens is 218 g/mol. The number of fused-ring (bicyclic) bond motifs is 3. The topological polar surface area (TPSA) is 4.93 Å². The largest absolute Gasteiger partial charge is 0.338 e. The molecule has 0 bridgehead atoms. The van der Waals surface area contributed by atoms with Gasteiger partial charge in [0.2, 0.25) is 0 Å². The Labute approximate surface area is 108 Å². The van der Waals surface area contributed by atoms with Gasteiger partial charge in [-0.15, -0.1) is 0 Å². The van der Waals surface area contributed by atoms with E-state index in [9.17, 15) is 0 Å². The molecule has 1 nitrogen and oxygen atoms in total. The van der Waals surface area contributed by atoms with Gasteiger partial charge < -0.3 is 4.57 Å². The molecule has 0 atom stereocenters. The van der Waals surface area contributed by atoms with Gasteiger partial charge in [0.25, 0.3) is 0 Å². The van der Waals surface area contributed by atoms with Crippen molar-refractivity contribution in [3.63, 3.8) is 0 Å². The lowest BCUT2D eigenvalue weighted by atomic mass is 10.1. The van der Waals surface area contributed by atoms with E-state index >= 15 is 0 Å². The average Bonchev–Trinajstić information content (AvgIpc) is 2.61. The molecule has 1 heterocycles. The van der Waals surface area contributed by atoms with Crippen molar-refractivity contribution in [2.45, 2.75) is 33.7 Å². The molecule has 0 saturated carbocycles. The normalized spacial score (nSPS) is 11.8. The van der Waals surface area contributed by atoms with Crippen LogP contribution in [0.3, 0.4) is 0 Å². The molecule has 0 aliphatic rings. The fourth-order valence-electron chi connectivity index (χ4n) is 2.83. The summed E-state index contributed by atoms with van der Waals surface area (Å²) in [6.07, 6.45) is 0. The van der Waals surface area contributed by atoms with Crippen LogP contribution in [0.1, 0.15) is 31.0 Å². The SMILES string of the molecule is Cc1ccc2c(c1)c1ccc(C)cc1n2C(C)C. The van der Waals surface area contributed by atoms with Crippen LogP contribution in [0.2, 0.25) is 0 Å². The van der Waals surface area contributed by atoms with E-state index in [-0.39, 0.29) is 0 Å². The summed E-state index contributed by atoms with van der Waals surface area (Å²) in [6.45, 7) is 8.82. The van der Waals surface area contributed by atoms with Crippen molar-refractivity contribution in [1.29, 1.82) is 0 Å². The van der Waals surface area contributed by atoms with E-state index in [1.165, 1.54) is 32.9 Å². The number of rotatable bonds is 1. The lowest BCUT2D eigenvalue weighted by molar-refractivity contribution is 0.642. The number of aryl methyl sites for hydroxylation is 2. The Balaban J connectivity index is 2.56. The average molecular weight is 237 g/mol. The third-order valence-corrected chi connectivity index (χ3v) is 3.63. The second-order valence-corrected chi connectivity index (χ2v) is 5.50. The summed E-state index contributed by atoms with van der Waals surface area (Å²) < 4.78 is 2.44. The van der Waals surface area contributed by atoms with Gasteiger partial charge in [-0.1, -0.05) is 23.8 Å². The monoisotopic (exact) mass is 237 g/mol. The molecular formula is C17H19N. The number of benzene rings is 2. The first kappa shape index (κ1) is 11.3. The molecule has 0 saturated heterocycles. The van der Waals surface area contributed by atoms with Crippen LogP contribution >= 0.6 is 0 Å². The van der Waals surface area contributed by atoms with Crippen molar-refractivity contribution in [3.05, 3.63) is 47.5 Å². The third-order valence-electron chi connectivity index (χ3n) is 3.63. The number of nitrogens with zero attached hydrogens (tertiary/aromatic N) is 1. The highest BCUT2D eigenvalue weighted by Crippen LogP contribution is 2.32. The second kappa shape index (κ2) is 3.88. The molecule has 18 heavy (non-hydrogen) atoms. The number of hydrogen-bond donors (Lipinski definition) is 0. The summed E-state index contributed by atoms with van der Waals surface area (Å²) in [7, 11) is 0. The summed E-state index contributed by atoms with van der Waals surface area (Å²) in [4.78, 5) is 0. The zero-order valence-electron chi connectivity index (χ0n) is 11.5. The molecule has 1 heteroatoms. The van der Waals surface area contributed by atoms with Crippen molar-refractivity contribution in [3.8, 4) is 0 Å². The predicted octanol–water partition coefficient (Wildman–Crippen LogP) is 4.99. The van der Waals surface area contributed by atoms with E-state index in [0.29, 0.717) is 6.04 Å². The van der Waals surface area contributed by atoms with Crippen LogP contribution < -0.4 is 0 Å². The van der Waals surface area contributed by atoms with Gasteiger partial charge in [0, 0.05) is 27.8 Å². The number of hydrogen-bond acceptors (Lipinski definition) is 0. The van der Waals surface area contributed by atoms with Crippen molar-refractivity contribution in [2.75, 3.05) is 0 Å². The molecule has 1 aromatic heterocycles. The van der Waals surface area contributed by atoms with Gasteiger partial charge in [0.05, 0.1) is 0 Å². The zero-order valence-corrected chi connectivity index (χ0v) is 11.5. The first-order valence-corrected chi connectivity index (χ1v) is 6.59. The highest BCUT2D eigenvalue weighted by molar-refractivity contribution is 6.08. The van der Waals surface area contributed by atoms with Crippen LogP contribution in [-0.2, 0) is 0 Å². The van der Waals surface area contributed by atoms with Crippen molar-refractivity contribution in [2.24, 2.45) is 0 Å². The lowest BCUT2D eigenvalue weighted by Crippen LogP contribution is -1.99. The van der Waals surface area contributed by atoms with Crippen molar-refractivity contribution in [1.82, 2.24) is 4.57 Å². The zero-order chi connectivity index (χ0) is 12.9. The lowest BCUT2D eigenvalue weighted by Gasteiger charge is -2.11. The smallest absolute Gasteiger partial charge is 0.0496 e. The minimum absolute atomic E-state index is 0.481. The van der Waals surface area contributed by atoms with E-state index in [1.54, 1.807) is 0 Å². The summed E-state index contributed by atoms with van der Waals surface area (Å²) in [6, 6.07) is 14.0. The van der Waals surface area contributed by atoms with Crippen molar-refractivity contribution < 1.29 is 0 Å². The Hall–Kier alpha value is -1.76. The third kappa shape index (κ3) is 1.54. The molecule has 0 fully saturated rings. The van der Waals surface area contributed by atoms with Gasteiger partial charge >= 0.3 is 0 Å². The first-order valence-electron chi connectivity index (χ1n) is 6.59. The Morgan fingerprint density at radius 3 is 2.17 bits per heavy atom. The molecule has 3 rings (SSSR count). The quantitative estimate of drug-likeness (QED) is 0.561. The van der Waals surface area contributed by atoms with Crippen molar-refractivity contribution >= 4 is 21.8 Å². The second-order valence-electron chi connectivity index (χ2n) is 5.50. The minimum atomic E-state index is 0.481. The molecule has 0 amide bonds. The maximum Gasteiger partial charge on any atom is 0.0496 e. The molecule has 0 spiro atoms. The van der Waals surface area contributed by atoms with Gasteiger partial charge in [-0.3, -0.25) is 0 Å². The standard InChI is InChI=1S/C17H19N/c1-11(2)18-16-8-6-12(3)9-15(16)14-7-5-13(4)10-17(14)18/h5-11H,1-4H3. The minimum Gasteiger partial charge on any atom is -0.338 e. The van der Waals surface area contributed by atoms with Crippen LogP contribution in [0.5, 0.6) is 0 Å². The Morgan fingerprint density at radius 1 is 0.778 bits per heavy atom. The molecule has 0 unspecified atom stereocenters. The maximum absolute atomic E-state index is 2.44. The van der Waals surface area contributed by atoms with E-state index in [0.717, 1.165) is 0 Å². The van der Waals surface area contributed by atoms with Gasteiger partial charge in [-0.2, -0.15) is 0 Å². The molecule has 0 aliphatic heterocycles. The van der Waals surface area contributed by atoms with E-state index in [2.05, 4.69) is 68.7 Å². The van der Waals surface area contributed by atoms with E-state index in [4.69, 9.17) is 0 Å². The predicted molar refractivity (Wildman–Crippen MR) is 79.3 cm³/mol. The van der Waals surface area contributed by atoms with E-state index in [1.807, 2.05) is 0 Å². The molecule has 2 aromatic carbocycles. The number of aromatic nitrogens is 1. The van der Waals surface area contributed by atoms with Crippen LogP contribution in [0, 0.1) is 13.8 Å². The van der Waals surface area contributed by atoms with Gasteiger partial charge in [0.1, 0.15) is 0 Å². The highest BCUT2D eigenvalue weighted by atomic mass is 15.0. The Bertz CT molecular complexity index is 732. The summed E-state index contributed by atoms with van der Waals surface area (Å²) in [5.41, 5.74) is 5.34. The van der Waals surface area contributed by atoms with Gasteiger partial charge in [-0.05, 0) is 51.5 Å². The highest BCUT2D eigenvalue weighted by Gasteiger charge is 2.12. The molecule has 0 N–H and O–H groups in total. The van der Waals surface area contributed by atoms with E-state index < -0.39 is 0 Å². The molecule has 92 valence electrons. The molecule has 0 radical (unpaired) electrons. The van der Waals surface area contributed by atoms with Crippen LogP contribution in [0.25, 0.3) is 21.8 Å². The fraction of sp³-hybridized carbons (Fsp3) is 0.294. The maximum atomic E-state index is 2.44. The fourth-order valence-corrected chi connectivity index (χ4v) is 2.83.